The van der Waals surface area contributed by atoms with Gasteiger partial charge in [-0.05, 0) is 29.5 Å². The van der Waals surface area contributed by atoms with Crippen LogP contribution in [0.5, 0.6) is 0 Å². The highest BCUT2D eigenvalue weighted by molar-refractivity contribution is 7.97. The summed E-state index contributed by atoms with van der Waals surface area (Å²) in [6, 6.07) is 11.3. The first kappa shape index (κ1) is 19.7. The summed E-state index contributed by atoms with van der Waals surface area (Å²) in [6.07, 6.45) is 1.97. The Labute approximate surface area is 156 Å². The van der Waals surface area contributed by atoms with Crippen LogP contribution in [0, 0.1) is 15.9 Å². The van der Waals surface area contributed by atoms with Crippen molar-refractivity contribution in [2.75, 3.05) is 13.3 Å². The van der Waals surface area contributed by atoms with Gasteiger partial charge >= 0.3 is 0 Å². The molecule has 0 bridgehead atoms. The molecule has 2 rings (SSSR count). The molecule has 0 fully saturated rings. The van der Waals surface area contributed by atoms with Crippen LogP contribution in [0.4, 0.5) is 10.1 Å². The van der Waals surface area contributed by atoms with Crippen LogP contribution >= 0.6 is 11.8 Å². The lowest BCUT2D eigenvalue weighted by molar-refractivity contribution is -0.385. The minimum absolute atomic E-state index is 0.0660. The number of rotatable bonds is 7. The lowest BCUT2D eigenvalue weighted by Crippen LogP contribution is -2.36. The second kappa shape index (κ2) is 9.76. The lowest BCUT2D eigenvalue weighted by atomic mass is 10.1. The molecule has 138 valence electrons. The molecule has 2 aromatic rings. The van der Waals surface area contributed by atoms with E-state index in [1.54, 1.807) is 43.1 Å². The largest absolute Gasteiger partial charge is 0.352 e. The molecule has 0 amide bonds. The first-order chi connectivity index (χ1) is 12.5. The summed E-state index contributed by atoms with van der Waals surface area (Å²) in [5.74, 6) is 0.982. The minimum atomic E-state index is -0.402. The number of nitro groups is 1. The topological polar surface area (TPSA) is 79.6 Å². The van der Waals surface area contributed by atoms with E-state index in [0.29, 0.717) is 18.1 Å². The van der Waals surface area contributed by atoms with Gasteiger partial charge in [0.1, 0.15) is 5.82 Å². The molecule has 0 aliphatic rings. The Balaban J connectivity index is 2.00. The van der Waals surface area contributed by atoms with Crippen LogP contribution in [-0.2, 0) is 18.8 Å². The maximum Gasteiger partial charge on any atom is 0.274 e. The fourth-order valence-electron chi connectivity index (χ4n) is 2.47. The number of benzene rings is 2. The van der Waals surface area contributed by atoms with E-state index in [2.05, 4.69) is 15.6 Å². The maximum atomic E-state index is 13.4. The molecule has 6 nitrogen and oxygen atoms in total. The summed E-state index contributed by atoms with van der Waals surface area (Å²) >= 11 is 1.63. The van der Waals surface area contributed by atoms with Crippen molar-refractivity contribution in [2.24, 2.45) is 4.99 Å². The predicted molar refractivity (Wildman–Crippen MR) is 104 cm³/mol. The van der Waals surface area contributed by atoms with Crippen molar-refractivity contribution in [3.8, 4) is 0 Å². The quantitative estimate of drug-likeness (QED) is 0.335. The number of nitro benzene ring substituents is 1. The van der Waals surface area contributed by atoms with Crippen LogP contribution in [0.25, 0.3) is 0 Å². The van der Waals surface area contributed by atoms with Gasteiger partial charge in [-0.1, -0.05) is 24.3 Å². The highest BCUT2D eigenvalue weighted by atomic mass is 32.2. The number of nitrogens with zero attached hydrogens (tertiary/aromatic N) is 2. The monoisotopic (exact) mass is 376 g/mol. The molecule has 0 atom stereocenters. The molecule has 2 N–H and O–H groups in total. The fraction of sp³-hybridized carbons (Fsp3) is 0.278. The summed E-state index contributed by atoms with van der Waals surface area (Å²) in [5.41, 5.74) is 2.55. The first-order valence-corrected chi connectivity index (χ1v) is 9.37. The van der Waals surface area contributed by atoms with Crippen molar-refractivity contribution in [1.82, 2.24) is 10.6 Å². The summed E-state index contributed by atoms with van der Waals surface area (Å²) < 4.78 is 13.4. The van der Waals surface area contributed by atoms with Crippen molar-refractivity contribution < 1.29 is 9.31 Å². The number of nitrogens with one attached hydrogen (secondary N) is 2. The zero-order valence-electron chi connectivity index (χ0n) is 14.7. The number of hydrogen-bond donors (Lipinski definition) is 2. The predicted octanol–water partition coefficient (Wildman–Crippen LogP) is 3.46. The van der Waals surface area contributed by atoms with Crippen molar-refractivity contribution in [1.29, 1.82) is 0 Å². The number of guanidine groups is 1. The van der Waals surface area contributed by atoms with E-state index in [9.17, 15) is 14.5 Å². The Morgan fingerprint density at radius 3 is 2.50 bits per heavy atom. The molecule has 0 radical (unpaired) electrons. The highest BCUT2D eigenvalue weighted by Gasteiger charge is 2.12. The number of thioether (sulfide) groups is 1. The Kier molecular flexibility index (Phi) is 7.40. The molecule has 26 heavy (non-hydrogen) atoms. The Hall–Kier alpha value is -2.61. The van der Waals surface area contributed by atoms with E-state index in [4.69, 9.17) is 0 Å². The van der Waals surface area contributed by atoms with E-state index in [1.807, 2.05) is 6.26 Å². The summed E-state index contributed by atoms with van der Waals surface area (Å²) in [7, 11) is 1.63. The van der Waals surface area contributed by atoms with Gasteiger partial charge in [0.15, 0.2) is 5.96 Å². The van der Waals surface area contributed by atoms with Crippen LogP contribution in [0.1, 0.15) is 16.7 Å². The molecule has 0 saturated heterocycles. The molecule has 0 aliphatic heterocycles. The van der Waals surface area contributed by atoms with Crippen LogP contribution in [0.15, 0.2) is 47.5 Å². The van der Waals surface area contributed by atoms with Gasteiger partial charge in [-0.2, -0.15) is 11.8 Å². The molecule has 0 spiro atoms. The second-order valence-corrected chi connectivity index (χ2v) is 6.38. The first-order valence-electron chi connectivity index (χ1n) is 7.98. The molecule has 0 unspecified atom stereocenters. The van der Waals surface area contributed by atoms with Gasteiger partial charge in [-0.15, -0.1) is 0 Å². The molecule has 2 aromatic carbocycles. The van der Waals surface area contributed by atoms with E-state index in [0.717, 1.165) is 16.9 Å². The fourth-order valence-corrected chi connectivity index (χ4v) is 3.05. The Bertz CT molecular complexity index is 799. The minimum Gasteiger partial charge on any atom is -0.352 e. The zero-order chi connectivity index (χ0) is 18.9. The molecule has 0 aromatic heterocycles. The van der Waals surface area contributed by atoms with E-state index in [1.165, 1.54) is 18.2 Å². The van der Waals surface area contributed by atoms with Crippen LogP contribution in [0.2, 0.25) is 0 Å². The molecular weight excluding hydrogens is 355 g/mol. The lowest BCUT2D eigenvalue weighted by Gasteiger charge is -2.14. The van der Waals surface area contributed by atoms with Gasteiger partial charge in [0, 0.05) is 37.5 Å². The third kappa shape index (κ3) is 5.45. The number of hydrogen-bond acceptors (Lipinski definition) is 4. The average Bonchev–Trinajstić information content (AvgIpc) is 2.63. The van der Waals surface area contributed by atoms with Gasteiger partial charge in [0.25, 0.3) is 5.69 Å². The maximum absolute atomic E-state index is 13.4. The van der Waals surface area contributed by atoms with Crippen molar-refractivity contribution in [3.05, 3.63) is 75.1 Å². The van der Waals surface area contributed by atoms with Gasteiger partial charge < -0.3 is 10.6 Å². The SMILES string of the molecule is CN=C(NCc1ccc(F)cc1CSC)NCc1ccccc1[N+](=O)[O-]. The zero-order valence-corrected chi connectivity index (χ0v) is 15.5. The van der Waals surface area contributed by atoms with E-state index in [-0.39, 0.29) is 18.0 Å². The number of para-hydroxylation sites is 1. The smallest absolute Gasteiger partial charge is 0.274 e. The van der Waals surface area contributed by atoms with Gasteiger partial charge in [0.2, 0.25) is 0 Å². The summed E-state index contributed by atoms with van der Waals surface area (Å²) in [4.78, 5) is 14.8. The van der Waals surface area contributed by atoms with Crippen LogP contribution < -0.4 is 10.6 Å². The van der Waals surface area contributed by atoms with Gasteiger partial charge in [-0.25, -0.2) is 4.39 Å². The number of halogens is 1. The molecule has 8 heteroatoms. The van der Waals surface area contributed by atoms with Gasteiger partial charge in [-0.3, -0.25) is 15.1 Å². The molecule has 0 aliphatic carbocycles. The average molecular weight is 376 g/mol. The van der Waals surface area contributed by atoms with Crippen LogP contribution in [-0.4, -0.2) is 24.2 Å². The Morgan fingerprint density at radius 1 is 1.15 bits per heavy atom. The van der Waals surface area contributed by atoms with Crippen molar-refractivity contribution in [2.45, 2.75) is 18.8 Å². The van der Waals surface area contributed by atoms with E-state index >= 15 is 0 Å². The Morgan fingerprint density at radius 2 is 1.85 bits per heavy atom. The van der Waals surface area contributed by atoms with Gasteiger partial charge in [0.05, 0.1) is 4.92 Å². The van der Waals surface area contributed by atoms with Crippen molar-refractivity contribution >= 4 is 23.4 Å². The highest BCUT2D eigenvalue weighted by Crippen LogP contribution is 2.18. The second-order valence-electron chi connectivity index (χ2n) is 5.51. The third-order valence-corrected chi connectivity index (χ3v) is 4.37. The van der Waals surface area contributed by atoms with Crippen LogP contribution in [0.3, 0.4) is 0 Å². The normalized spacial score (nSPS) is 11.3. The molecule has 0 heterocycles. The molecule has 0 saturated carbocycles. The molecular formula is C18H21FN4O2S. The standard InChI is InChI=1S/C18H21FN4O2S/c1-20-18(22-11-14-5-3-4-6-17(14)23(24)25)21-10-13-7-8-16(19)9-15(13)12-26-2/h3-9H,10-12H2,1-2H3,(H2,20,21,22). The number of aliphatic imine (C=N–C) groups is 1. The van der Waals surface area contributed by atoms with Crippen molar-refractivity contribution in [3.63, 3.8) is 0 Å². The summed E-state index contributed by atoms with van der Waals surface area (Å²) in [5, 5.41) is 17.3. The summed E-state index contributed by atoms with van der Waals surface area (Å²) in [6.45, 7) is 0.755. The third-order valence-electron chi connectivity index (χ3n) is 3.77. The van der Waals surface area contributed by atoms with E-state index < -0.39 is 4.92 Å².